The molecule has 0 amide bonds. The van der Waals surface area contributed by atoms with E-state index in [1.54, 1.807) is 7.11 Å². The first-order valence-corrected chi connectivity index (χ1v) is 3.11. The lowest BCUT2D eigenvalue weighted by Crippen LogP contribution is -2.00. The van der Waals surface area contributed by atoms with E-state index in [1.165, 1.54) is 0 Å². The van der Waals surface area contributed by atoms with Crippen LogP contribution in [0.4, 0.5) is 0 Å². The van der Waals surface area contributed by atoms with Crippen molar-refractivity contribution >= 4 is 15.9 Å². The highest BCUT2D eigenvalue weighted by Gasteiger charge is 1.93. The van der Waals surface area contributed by atoms with E-state index >= 15 is 0 Å². The van der Waals surface area contributed by atoms with Crippen molar-refractivity contribution in [1.82, 2.24) is 0 Å². The fourth-order valence-corrected chi connectivity index (χ4v) is 0.428. The Balaban J connectivity index is 2.72. The third-order valence-corrected chi connectivity index (χ3v) is 0.731. The zero-order chi connectivity index (χ0) is 6.41. The normalized spacial score (nSPS) is 10.5. The molecule has 0 bridgehead atoms. The van der Waals surface area contributed by atoms with E-state index in [0.717, 1.165) is 4.83 Å². The van der Waals surface area contributed by atoms with Crippen molar-refractivity contribution in [3.8, 4) is 0 Å². The number of ether oxygens (including phenoxy) is 2. The molecule has 0 aromatic carbocycles. The minimum Gasteiger partial charge on any atom is -0.359 e. The van der Waals surface area contributed by atoms with Gasteiger partial charge in [0.2, 0.25) is 0 Å². The van der Waals surface area contributed by atoms with Gasteiger partial charge in [0.05, 0.1) is 11.4 Å². The van der Waals surface area contributed by atoms with Crippen LogP contribution in [0.25, 0.3) is 0 Å². The molecule has 0 aromatic heterocycles. The average Bonchev–Trinajstić information content (AvgIpc) is 1.66. The Bertz CT molecular complexity index is 47.7. The second-order valence-corrected chi connectivity index (χ2v) is 2.78. The van der Waals surface area contributed by atoms with Gasteiger partial charge in [-0.15, -0.1) is 0 Å². The highest BCUT2D eigenvalue weighted by Crippen LogP contribution is 2.06. The molecule has 0 atom stereocenters. The van der Waals surface area contributed by atoms with Crippen molar-refractivity contribution in [2.45, 2.75) is 6.92 Å². The molecular formula is C5H10BrO2. The number of halogens is 1. The fourth-order valence-electron chi connectivity index (χ4n) is 0.266. The molecule has 49 valence electrons. The third-order valence-electron chi connectivity index (χ3n) is 0.502. The van der Waals surface area contributed by atoms with Crippen LogP contribution in [0.1, 0.15) is 6.92 Å². The topological polar surface area (TPSA) is 18.5 Å². The zero-order valence-electron chi connectivity index (χ0n) is 5.11. The van der Waals surface area contributed by atoms with Crippen LogP contribution >= 0.6 is 15.9 Å². The quantitative estimate of drug-likeness (QED) is 0.485. The summed E-state index contributed by atoms with van der Waals surface area (Å²) in [5.41, 5.74) is 0. The number of hydrogen-bond acceptors (Lipinski definition) is 2. The summed E-state index contributed by atoms with van der Waals surface area (Å²) in [5, 5.41) is 0. The molecule has 8 heavy (non-hydrogen) atoms. The standard InChI is InChI=1S/C5H10BrO2/c1-5(6)3-8-4-7-2/h3-4H2,1-2H3. The summed E-state index contributed by atoms with van der Waals surface area (Å²) in [4.78, 5) is 1.08. The van der Waals surface area contributed by atoms with Gasteiger partial charge in [-0.3, -0.25) is 0 Å². The van der Waals surface area contributed by atoms with E-state index in [-0.39, 0.29) is 0 Å². The van der Waals surface area contributed by atoms with Crippen LogP contribution in [0.5, 0.6) is 0 Å². The van der Waals surface area contributed by atoms with E-state index in [9.17, 15) is 0 Å². The van der Waals surface area contributed by atoms with Gasteiger partial charge in [0.1, 0.15) is 6.79 Å². The Morgan fingerprint density at radius 1 is 1.62 bits per heavy atom. The highest BCUT2D eigenvalue weighted by molar-refractivity contribution is 9.11. The first-order chi connectivity index (χ1) is 3.77. The molecule has 3 heteroatoms. The Kier molecular flexibility index (Phi) is 5.81. The summed E-state index contributed by atoms with van der Waals surface area (Å²) in [5.74, 6) is 0. The van der Waals surface area contributed by atoms with Gasteiger partial charge in [0.25, 0.3) is 0 Å². The van der Waals surface area contributed by atoms with Crippen LogP contribution in [-0.2, 0) is 9.47 Å². The summed E-state index contributed by atoms with van der Waals surface area (Å²) >= 11 is 3.24. The Labute approximate surface area is 58.3 Å². The van der Waals surface area contributed by atoms with E-state index in [1.807, 2.05) is 6.92 Å². The van der Waals surface area contributed by atoms with Gasteiger partial charge in [0.15, 0.2) is 0 Å². The predicted octanol–water partition coefficient (Wildman–Crippen LogP) is 1.55. The SMILES string of the molecule is COCOC[C](C)Br. The fraction of sp³-hybridized carbons (Fsp3) is 0.800. The molecule has 0 fully saturated rings. The van der Waals surface area contributed by atoms with Crippen LogP contribution in [0, 0.1) is 4.83 Å². The van der Waals surface area contributed by atoms with Gasteiger partial charge in [-0.2, -0.15) is 0 Å². The maximum atomic E-state index is 4.94. The number of methoxy groups -OCH3 is 1. The summed E-state index contributed by atoms with van der Waals surface area (Å²) < 4.78 is 9.57. The summed E-state index contributed by atoms with van der Waals surface area (Å²) in [6.07, 6.45) is 0. The molecule has 0 saturated heterocycles. The van der Waals surface area contributed by atoms with Crippen molar-refractivity contribution < 1.29 is 9.47 Å². The largest absolute Gasteiger partial charge is 0.359 e. The molecule has 0 saturated carbocycles. The van der Waals surface area contributed by atoms with Gasteiger partial charge in [-0.25, -0.2) is 0 Å². The first-order valence-electron chi connectivity index (χ1n) is 2.32. The molecule has 1 radical (unpaired) electrons. The second-order valence-electron chi connectivity index (χ2n) is 1.43. The molecule has 0 aliphatic rings. The van der Waals surface area contributed by atoms with Crippen LogP contribution in [-0.4, -0.2) is 20.5 Å². The van der Waals surface area contributed by atoms with Gasteiger partial charge < -0.3 is 9.47 Å². The lowest BCUT2D eigenvalue weighted by atomic mass is 10.5. The smallest absolute Gasteiger partial charge is 0.146 e. The minimum absolute atomic E-state index is 0.364. The Hall–Kier alpha value is 0.400. The predicted molar refractivity (Wildman–Crippen MR) is 35.7 cm³/mol. The Morgan fingerprint density at radius 2 is 2.25 bits per heavy atom. The first kappa shape index (κ1) is 8.40. The van der Waals surface area contributed by atoms with Crippen LogP contribution in [0.15, 0.2) is 0 Å². The highest BCUT2D eigenvalue weighted by atomic mass is 79.9. The maximum absolute atomic E-state index is 4.94. The lowest BCUT2D eigenvalue weighted by Gasteiger charge is -2.01. The molecule has 2 nitrogen and oxygen atoms in total. The molecule has 0 unspecified atom stereocenters. The molecule has 0 rings (SSSR count). The third kappa shape index (κ3) is 6.40. The zero-order valence-corrected chi connectivity index (χ0v) is 6.69. The van der Waals surface area contributed by atoms with E-state index in [4.69, 9.17) is 4.74 Å². The van der Waals surface area contributed by atoms with Crippen LogP contribution < -0.4 is 0 Å². The molecular weight excluding hydrogens is 172 g/mol. The molecule has 0 aliphatic heterocycles. The summed E-state index contributed by atoms with van der Waals surface area (Å²) in [7, 11) is 1.60. The van der Waals surface area contributed by atoms with Crippen LogP contribution in [0.3, 0.4) is 0 Å². The summed E-state index contributed by atoms with van der Waals surface area (Å²) in [6, 6.07) is 0. The van der Waals surface area contributed by atoms with Crippen molar-refractivity contribution in [3.63, 3.8) is 0 Å². The summed E-state index contributed by atoms with van der Waals surface area (Å²) in [6.45, 7) is 2.92. The molecule has 0 aromatic rings. The van der Waals surface area contributed by atoms with Crippen molar-refractivity contribution in [3.05, 3.63) is 4.83 Å². The number of hydrogen-bond donors (Lipinski definition) is 0. The monoisotopic (exact) mass is 181 g/mol. The lowest BCUT2D eigenvalue weighted by molar-refractivity contribution is -0.0228. The van der Waals surface area contributed by atoms with Crippen molar-refractivity contribution in [1.29, 1.82) is 0 Å². The van der Waals surface area contributed by atoms with Crippen molar-refractivity contribution in [2.24, 2.45) is 0 Å². The Morgan fingerprint density at radius 3 is 2.62 bits per heavy atom. The van der Waals surface area contributed by atoms with Crippen LogP contribution in [0.2, 0.25) is 0 Å². The van der Waals surface area contributed by atoms with Gasteiger partial charge in [0, 0.05) is 7.11 Å². The molecule has 0 spiro atoms. The minimum atomic E-state index is 0.364. The van der Waals surface area contributed by atoms with E-state index in [2.05, 4.69) is 20.7 Å². The average molecular weight is 182 g/mol. The second kappa shape index (κ2) is 5.54. The molecule has 0 aliphatic carbocycles. The van der Waals surface area contributed by atoms with E-state index < -0.39 is 0 Å². The van der Waals surface area contributed by atoms with Gasteiger partial charge in [-0.1, -0.05) is 15.9 Å². The van der Waals surface area contributed by atoms with E-state index in [0.29, 0.717) is 13.4 Å². The molecule has 0 heterocycles. The molecule has 0 N–H and O–H groups in total. The van der Waals surface area contributed by atoms with Gasteiger partial charge in [-0.05, 0) is 6.92 Å². The van der Waals surface area contributed by atoms with Crippen molar-refractivity contribution in [2.75, 3.05) is 20.5 Å². The maximum Gasteiger partial charge on any atom is 0.146 e. The number of rotatable bonds is 4. The van der Waals surface area contributed by atoms with Gasteiger partial charge >= 0.3 is 0 Å².